The van der Waals surface area contributed by atoms with Gasteiger partial charge in [-0.3, -0.25) is 0 Å². The molecule has 0 fully saturated rings. The summed E-state index contributed by atoms with van der Waals surface area (Å²) >= 11 is 0. The van der Waals surface area contributed by atoms with Gasteiger partial charge in [0.1, 0.15) is 5.82 Å². The Balaban J connectivity index is 1.84. The number of benzene rings is 2. The summed E-state index contributed by atoms with van der Waals surface area (Å²) in [6.07, 6.45) is 1.36. The number of carbonyl (C=O) groups excluding carboxylic acids is 1. The van der Waals surface area contributed by atoms with E-state index in [9.17, 15) is 9.18 Å². The van der Waals surface area contributed by atoms with E-state index in [1.165, 1.54) is 19.4 Å². The van der Waals surface area contributed by atoms with Crippen LogP contribution in [0.3, 0.4) is 0 Å². The standard InChI is InChI=1S/C17H14FN5O2/c1-25-16(24)11-6-2-4-8-13(11)21-17-22-15(10-19-23-17)20-14-9-5-3-7-12(14)18/h2-10H,1H3,(H2,20,21,22,23). The summed E-state index contributed by atoms with van der Waals surface area (Å²) in [6, 6.07) is 13.0. The first-order chi connectivity index (χ1) is 12.2. The molecule has 0 saturated heterocycles. The summed E-state index contributed by atoms with van der Waals surface area (Å²) in [5.41, 5.74) is 1.07. The Hall–Kier alpha value is -3.55. The van der Waals surface area contributed by atoms with Crippen LogP contribution in [-0.4, -0.2) is 28.3 Å². The van der Waals surface area contributed by atoms with Crippen LogP contribution in [0.4, 0.5) is 27.5 Å². The lowest BCUT2D eigenvalue weighted by atomic mass is 10.2. The highest BCUT2D eigenvalue weighted by Gasteiger charge is 2.12. The van der Waals surface area contributed by atoms with Gasteiger partial charge in [0.25, 0.3) is 0 Å². The third kappa shape index (κ3) is 3.86. The minimum absolute atomic E-state index is 0.151. The number of anilines is 4. The van der Waals surface area contributed by atoms with Gasteiger partial charge in [0.05, 0.1) is 30.2 Å². The molecule has 3 aromatic rings. The Morgan fingerprint density at radius 1 is 1.04 bits per heavy atom. The molecule has 0 radical (unpaired) electrons. The Labute approximate surface area is 142 Å². The zero-order chi connectivity index (χ0) is 17.6. The van der Waals surface area contributed by atoms with Crippen LogP contribution in [0.1, 0.15) is 10.4 Å². The van der Waals surface area contributed by atoms with Crippen molar-refractivity contribution >= 4 is 29.1 Å². The van der Waals surface area contributed by atoms with Crippen LogP contribution >= 0.6 is 0 Å². The van der Waals surface area contributed by atoms with Gasteiger partial charge in [-0.05, 0) is 24.3 Å². The molecule has 2 aromatic carbocycles. The van der Waals surface area contributed by atoms with Crippen LogP contribution in [0, 0.1) is 5.82 Å². The van der Waals surface area contributed by atoms with Gasteiger partial charge in [-0.15, -0.1) is 5.10 Å². The molecule has 0 aliphatic heterocycles. The smallest absolute Gasteiger partial charge is 0.339 e. The summed E-state index contributed by atoms with van der Waals surface area (Å²) in [6.45, 7) is 0. The summed E-state index contributed by atoms with van der Waals surface area (Å²) < 4.78 is 18.5. The van der Waals surface area contributed by atoms with Crippen molar-refractivity contribution in [2.75, 3.05) is 17.7 Å². The third-order valence-corrected chi connectivity index (χ3v) is 3.27. The zero-order valence-corrected chi connectivity index (χ0v) is 13.2. The number of halogens is 1. The Morgan fingerprint density at radius 2 is 1.76 bits per heavy atom. The number of nitrogens with zero attached hydrogens (tertiary/aromatic N) is 3. The Morgan fingerprint density at radius 3 is 2.52 bits per heavy atom. The fourth-order valence-corrected chi connectivity index (χ4v) is 2.12. The van der Waals surface area contributed by atoms with Gasteiger partial charge in [0, 0.05) is 0 Å². The fraction of sp³-hybridized carbons (Fsp3) is 0.0588. The number of rotatable bonds is 5. The van der Waals surface area contributed by atoms with Crippen molar-refractivity contribution in [3.05, 3.63) is 66.1 Å². The zero-order valence-electron chi connectivity index (χ0n) is 13.2. The van der Waals surface area contributed by atoms with Gasteiger partial charge in [0.2, 0.25) is 5.95 Å². The quantitative estimate of drug-likeness (QED) is 0.690. The second-order valence-corrected chi connectivity index (χ2v) is 4.93. The molecule has 25 heavy (non-hydrogen) atoms. The molecule has 0 aliphatic rings. The highest BCUT2D eigenvalue weighted by atomic mass is 19.1. The fourth-order valence-electron chi connectivity index (χ4n) is 2.12. The molecular formula is C17H14FN5O2. The SMILES string of the molecule is COC(=O)c1ccccc1Nc1nncc(Nc2ccccc2F)n1. The summed E-state index contributed by atoms with van der Waals surface area (Å²) in [4.78, 5) is 16.0. The predicted octanol–water partition coefficient (Wildman–Crippen LogP) is 3.28. The molecule has 0 saturated carbocycles. The van der Waals surface area contributed by atoms with Gasteiger partial charge < -0.3 is 15.4 Å². The van der Waals surface area contributed by atoms with Crippen molar-refractivity contribution in [1.82, 2.24) is 15.2 Å². The minimum Gasteiger partial charge on any atom is -0.465 e. The highest BCUT2D eigenvalue weighted by molar-refractivity contribution is 5.96. The van der Waals surface area contributed by atoms with Crippen molar-refractivity contribution in [3.8, 4) is 0 Å². The summed E-state index contributed by atoms with van der Waals surface area (Å²) in [7, 11) is 1.30. The maximum absolute atomic E-state index is 13.7. The molecule has 0 bridgehead atoms. The number of methoxy groups -OCH3 is 1. The molecule has 8 heteroatoms. The van der Waals surface area contributed by atoms with E-state index in [0.717, 1.165) is 0 Å². The molecule has 3 rings (SSSR count). The summed E-state index contributed by atoms with van der Waals surface area (Å²) in [5, 5.41) is 13.4. The molecule has 0 atom stereocenters. The molecule has 1 aromatic heterocycles. The number of carbonyl (C=O) groups is 1. The first-order valence-corrected chi connectivity index (χ1v) is 7.33. The molecule has 0 unspecified atom stereocenters. The lowest BCUT2D eigenvalue weighted by Crippen LogP contribution is -2.08. The van der Waals surface area contributed by atoms with Crippen molar-refractivity contribution < 1.29 is 13.9 Å². The van der Waals surface area contributed by atoms with Gasteiger partial charge >= 0.3 is 5.97 Å². The van der Waals surface area contributed by atoms with Crippen LogP contribution in [-0.2, 0) is 4.74 Å². The Bertz CT molecular complexity index is 903. The summed E-state index contributed by atoms with van der Waals surface area (Å²) in [5.74, 6) is -0.445. The van der Waals surface area contributed by atoms with E-state index in [1.54, 1.807) is 42.5 Å². The van der Waals surface area contributed by atoms with Crippen LogP contribution < -0.4 is 10.6 Å². The lowest BCUT2D eigenvalue weighted by Gasteiger charge is -2.10. The van der Waals surface area contributed by atoms with Gasteiger partial charge in [-0.1, -0.05) is 24.3 Å². The third-order valence-electron chi connectivity index (χ3n) is 3.27. The molecule has 126 valence electrons. The van der Waals surface area contributed by atoms with Crippen LogP contribution in [0.25, 0.3) is 0 Å². The first-order valence-electron chi connectivity index (χ1n) is 7.33. The molecule has 1 heterocycles. The van der Waals surface area contributed by atoms with Crippen molar-refractivity contribution in [3.63, 3.8) is 0 Å². The molecule has 0 amide bonds. The maximum atomic E-state index is 13.7. The number of hydrogen-bond acceptors (Lipinski definition) is 7. The first kappa shape index (κ1) is 16.3. The number of ether oxygens (including phenoxy) is 1. The second-order valence-electron chi connectivity index (χ2n) is 4.93. The number of hydrogen-bond donors (Lipinski definition) is 2. The average molecular weight is 339 g/mol. The van der Waals surface area contributed by atoms with E-state index in [1.807, 2.05) is 0 Å². The van der Waals surface area contributed by atoms with E-state index in [0.29, 0.717) is 17.1 Å². The number of nitrogens with one attached hydrogen (secondary N) is 2. The van der Waals surface area contributed by atoms with E-state index >= 15 is 0 Å². The minimum atomic E-state index is -0.489. The van der Waals surface area contributed by atoms with Crippen molar-refractivity contribution in [2.45, 2.75) is 0 Å². The van der Waals surface area contributed by atoms with Gasteiger partial charge in [0.15, 0.2) is 5.82 Å². The molecule has 2 N–H and O–H groups in total. The second kappa shape index (κ2) is 7.35. The van der Waals surface area contributed by atoms with E-state index in [-0.39, 0.29) is 11.6 Å². The average Bonchev–Trinajstić information content (AvgIpc) is 2.64. The van der Waals surface area contributed by atoms with E-state index in [2.05, 4.69) is 25.8 Å². The number of para-hydroxylation sites is 2. The van der Waals surface area contributed by atoms with Crippen molar-refractivity contribution in [2.24, 2.45) is 0 Å². The highest BCUT2D eigenvalue weighted by Crippen LogP contribution is 2.21. The van der Waals surface area contributed by atoms with Crippen LogP contribution in [0.2, 0.25) is 0 Å². The topological polar surface area (TPSA) is 89.0 Å². The lowest BCUT2D eigenvalue weighted by molar-refractivity contribution is 0.0602. The van der Waals surface area contributed by atoms with Crippen LogP contribution in [0.5, 0.6) is 0 Å². The molecule has 0 spiro atoms. The number of esters is 1. The van der Waals surface area contributed by atoms with Gasteiger partial charge in [-0.25, -0.2) is 9.18 Å². The maximum Gasteiger partial charge on any atom is 0.339 e. The van der Waals surface area contributed by atoms with E-state index < -0.39 is 11.8 Å². The molecule has 7 nitrogen and oxygen atoms in total. The monoisotopic (exact) mass is 339 g/mol. The van der Waals surface area contributed by atoms with Crippen molar-refractivity contribution in [1.29, 1.82) is 0 Å². The normalized spacial score (nSPS) is 10.2. The number of aromatic nitrogens is 3. The van der Waals surface area contributed by atoms with Crippen LogP contribution in [0.15, 0.2) is 54.7 Å². The Kier molecular flexibility index (Phi) is 4.79. The molecular weight excluding hydrogens is 325 g/mol. The predicted molar refractivity (Wildman–Crippen MR) is 90.6 cm³/mol. The van der Waals surface area contributed by atoms with E-state index in [4.69, 9.17) is 4.74 Å². The largest absolute Gasteiger partial charge is 0.465 e. The van der Waals surface area contributed by atoms with Gasteiger partial charge in [-0.2, -0.15) is 10.1 Å². The molecule has 0 aliphatic carbocycles.